The highest BCUT2D eigenvalue weighted by atomic mass is 16.1. The van der Waals surface area contributed by atoms with Crippen LogP contribution in [0, 0.1) is 6.07 Å². The van der Waals surface area contributed by atoms with E-state index in [4.69, 9.17) is 0 Å². The number of hydrogen-bond donors (Lipinski definition) is 0. The molecule has 2 aromatic rings. The lowest BCUT2D eigenvalue weighted by Crippen LogP contribution is -2.02. The van der Waals surface area contributed by atoms with Crippen molar-refractivity contribution in [3.8, 4) is 0 Å². The third-order valence-corrected chi connectivity index (χ3v) is 2.15. The average Bonchev–Trinajstić information content (AvgIpc) is 2.80. The van der Waals surface area contributed by atoms with Gasteiger partial charge in [-0.2, -0.15) is 5.10 Å². The van der Waals surface area contributed by atoms with E-state index in [1.165, 1.54) is 13.0 Å². The van der Waals surface area contributed by atoms with Gasteiger partial charge in [0.25, 0.3) is 0 Å². The van der Waals surface area contributed by atoms with Crippen molar-refractivity contribution in [2.24, 2.45) is 0 Å². The van der Waals surface area contributed by atoms with Gasteiger partial charge >= 0.3 is 0 Å². The first-order valence-corrected chi connectivity index (χ1v) is 5.27. The molecule has 2 aromatic heterocycles. The van der Waals surface area contributed by atoms with E-state index in [0.717, 1.165) is 11.4 Å². The normalized spacial score (nSPS) is 10.9. The van der Waals surface area contributed by atoms with Crippen molar-refractivity contribution < 1.29 is 4.79 Å². The van der Waals surface area contributed by atoms with Crippen LogP contribution >= 0.6 is 0 Å². The standard InChI is InChI=1S/C13H12N3O/c1-11(17)6-7-12-4-2-5-13(15-12)10-16-9-3-8-14-16/h2,4-9H,10H2,1H3/b7-6+. The molecule has 4 heteroatoms. The van der Waals surface area contributed by atoms with E-state index >= 15 is 0 Å². The second kappa shape index (κ2) is 5.21. The summed E-state index contributed by atoms with van der Waals surface area (Å²) in [7, 11) is 0. The van der Waals surface area contributed by atoms with Gasteiger partial charge in [0.1, 0.15) is 0 Å². The van der Waals surface area contributed by atoms with Crippen LogP contribution in [0.1, 0.15) is 18.3 Å². The van der Waals surface area contributed by atoms with E-state index in [2.05, 4.69) is 16.1 Å². The third kappa shape index (κ3) is 3.38. The zero-order valence-electron chi connectivity index (χ0n) is 9.50. The molecular weight excluding hydrogens is 214 g/mol. The van der Waals surface area contributed by atoms with Crippen LogP contribution in [0.3, 0.4) is 0 Å². The predicted molar refractivity (Wildman–Crippen MR) is 64.1 cm³/mol. The lowest BCUT2D eigenvalue weighted by Gasteiger charge is -2.01. The Balaban J connectivity index is 2.14. The number of carbonyl (C=O) groups excluding carboxylic acids is 1. The van der Waals surface area contributed by atoms with Crippen molar-refractivity contribution in [3.63, 3.8) is 0 Å². The minimum atomic E-state index is 0.0129. The van der Waals surface area contributed by atoms with Gasteiger partial charge in [0.05, 0.1) is 24.1 Å². The summed E-state index contributed by atoms with van der Waals surface area (Å²) in [6.07, 6.45) is 6.59. The van der Waals surface area contributed by atoms with Gasteiger partial charge in [0, 0.05) is 12.3 Å². The average molecular weight is 226 g/mol. The summed E-state index contributed by atoms with van der Waals surface area (Å²) in [5.41, 5.74) is 1.67. The van der Waals surface area contributed by atoms with Gasteiger partial charge < -0.3 is 0 Å². The molecule has 17 heavy (non-hydrogen) atoms. The van der Waals surface area contributed by atoms with Gasteiger partial charge in [0.15, 0.2) is 5.78 Å². The summed E-state index contributed by atoms with van der Waals surface area (Å²) in [5, 5.41) is 4.06. The molecular formula is C13H12N3O. The summed E-state index contributed by atoms with van der Waals surface area (Å²) in [4.78, 5) is 15.2. The van der Waals surface area contributed by atoms with Crippen LogP contribution in [-0.2, 0) is 11.3 Å². The number of carbonyl (C=O) groups is 1. The minimum absolute atomic E-state index is 0.0129. The summed E-state index contributed by atoms with van der Waals surface area (Å²) < 4.78 is 1.75. The highest BCUT2D eigenvalue weighted by Crippen LogP contribution is 2.03. The van der Waals surface area contributed by atoms with Crippen molar-refractivity contribution in [3.05, 3.63) is 54.1 Å². The number of hydrogen-bond acceptors (Lipinski definition) is 3. The molecule has 0 N–H and O–H groups in total. The molecule has 0 atom stereocenters. The van der Waals surface area contributed by atoms with Crippen molar-refractivity contribution in [1.82, 2.24) is 14.8 Å². The first kappa shape index (κ1) is 11.3. The fourth-order valence-corrected chi connectivity index (χ4v) is 1.39. The molecule has 0 fully saturated rings. The minimum Gasteiger partial charge on any atom is -0.295 e. The molecule has 1 radical (unpaired) electrons. The van der Waals surface area contributed by atoms with Gasteiger partial charge in [-0.15, -0.1) is 0 Å². The van der Waals surface area contributed by atoms with Crippen molar-refractivity contribution in [2.45, 2.75) is 13.5 Å². The Morgan fingerprint density at radius 2 is 2.41 bits per heavy atom. The van der Waals surface area contributed by atoms with Crippen molar-refractivity contribution in [2.75, 3.05) is 0 Å². The molecule has 85 valence electrons. The molecule has 2 rings (SSSR count). The molecule has 0 saturated heterocycles. The van der Waals surface area contributed by atoms with Crippen LogP contribution in [0.2, 0.25) is 0 Å². The van der Waals surface area contributed by atoms with E-state index in [1.54, 1.807) is 23.2 Å². The molecule has 0 unspecified atom stereocenters. The number of pyridine rings is 1. The number of rotatable bonds is 4. The first-order chi connectivity index (χ1) is 8.24. The maximum Gasteiger partial charge on any atom is 0.152 e. The Morgan fingerprint density at radius 3 is 3.12 bits per heavy atom. The van der Waals surface area contributed by atoms with Gasteiger partial charge in [0.2, 0.25) is 0 Å². The van der Waals surface area contributed by atoms with Crippen molar-refractivity contribution in [1.29, 1.82) is 0 Å². The molecule has 0 amide bonds. The Kier molecular flexibility index (Phi) is 3.45. The molecule has 0 bridgehead atoms. The molecule has 0 aliphatic rings. The van der Waals surface area contributed by atoms with Crippen molar-refractivity contribution >= 4 is 11.9 Å². The van der Waals surface area contributed by atoms with Crippen LogP contribution in [0.25, 0.3) is 6.08 Å². The highest BCUT2D eigenvalue weighted by molar-refractivity contribution is 5.91. The third-order valence-electron chi connectivity index (χ3n) is 2.15. The Morgan fingerprint density at radius 1 is 1.53 bits per heavy atom. The van der Waals surface area contributed by atoms with E-state index in [1.807, 2.05) is 18.2 Å². The summed E-state index contributed by atoms with van der Waals surface area (Å²) in [6.45, 7) is 2.12. The number of aromatic nitrogens is 3. The number of ketones is 1. The largest absolute Gasteiger partial charge is 0.295 e. The van der Waals surface area contributed by atoms with Crippen LogP contribution in [0.4, 0.5) is 0 Å². The summed E-state index contributed by atoms with van der Waals surface area (Å²) >= 11 is 0. The van der Waals surface area contributed by atoms with E-state index < -0.39 is 0 Å². The van der Waals surface area contributed by atoms with E-state index in [0.29, 0.717) is 6.54 Å². The van der Waals surface area contributed by atoms with Gasteiger partial charge in [-0.25, -0.2) is 0 Å². The van der Waals surface area contributed by atoms with Crippen LogP contribution in [-0.4, -0.2) is 20.5 Å². The Bertz CT molecular complexity index is 529. The number of nitrogens with zero attached hydrogens (tertiary/aromatic N) is 3. The molecule has 4 nitrogen and oxygen atoms in total. The maximum atomic E-state index is 10.8. The summed E-state index contributed by atoms with van der Waals surface area (Å²) in [5.74, 6) is 0.0129. The molecule has 0 aliphatic carbocycles. The van der Waals surface area contributed by atoms with Gasteiger partial charge in [-0.1, -0.05) is 6.07 Å². The molecule has 0 aliphatic heterocycles. The zero-order valence-corrected chi connectivity index (χ0v) is 9.50. The lowest BCUT2D eigenvalue weighted by molar-refractivity contribution is -0.112. The fraction of sp³-hybridized carbons (Fsp3) is 0.154. The van der Waals surface area contributed by atoms with Crippen LogP contribution < -0.4 is 0 Å². The smallest absolute Gasteiger partial charge is 0.152 e. The zero-order chi connectivity index (χ0) is 12.1. The monoisotopic (exact) mass is 226 g/mol. The molecule has 2 heterocycles. The fourth-order valence-electron chi connectivity index (χ4n) is 1.39. The molecule has 0 saturated carbocycles. The Labute approximate surface area is 99.6 Å². The van der Waals surface area contributed by atoms with E-state index in [-0.39, 0.29) is 5.78 Å². The summed E-state index contributed by atoms with van der Waals surface area (Å²) in [6, 6.07) is 8.56. The number of allylic oxidation sites excluding steroid dienone is 1. The topological polar surface area (TPSA) is 47.8 Å². The van der Waals surface area contributed by atoms with Crippen LogP contribution in [0.15, 0.2) is 36.7 Å². The molecule has 0 aromatic carbocycles. The molecule has 0 spiro atoms. The van der Waals surface area contributed by atoms with E-state index in [9.17, 15) is 4.79 Å². The highest BCUT2D eigenvalue weighted by Gasteiger charge is 1.97. The second-order valence-electron chi connectivity index (χ2n) is 3.64. The second-order valence-corrected chi connectivity index (χ2v) is 3.64. The van der Waals surface area contributed by atoms with Crippen LogP contribution in [0.5, 0.6) is 0 Å². The van der Waals surface area contributed by atoms with Gasteiger partial charge in [-0.05, 0) is 31.2 Å². The lowest BCUT2D eigenvalue weighted by atomic mass is 10.2. The quantitative estimate of drug-likeness (QED) is 0.746. The maximum absolute atomic E-state index is 10.8. The van der Waals surface area contributed by atoms with Gasteiger partial charge in [-0.3, -0.25) is 14.5 Å². The SMILES string of the molecule is CC(=O)/C=C/c1cccc(Cn2c[c]cn2)n1. The predicted octanol–water partition coefficient (Wildman–Crippen LogP) is 1.73. The first-order valence-electron chi connectivity index (χ1n) is 5.27. The Hall–Kier alpha value is -2.23.